The highest BCUT2D eigenvalue weighted by molar-refractivity contribution is 8.14. The van der Waals surface area contributed by atoms with Crippen LogP contribution in [0.4, 0.5) is 5.69 Å². The summed E-state index contributed by atoms with van der Waals surface area (Å²) < 4.78 is 0. The van der Waals surface area contributed by atoms with Crippen molar-refractivity contribution in [3.8, 4) is 12.3 Å². The Morgan fingerprint density at radius 2 is 2.23 bits per heavy atom. The number of thioether (sulfide) groups is 1. The first-order valence-electron chi connectivity index (χ1n) is 8.12. The molecule has 0 radical (unpaired) electrons. The van der Waals surface area contributed by atoms with Gasteiger partial charge in [0.1, 0.15) is 11.2 Å². The second kappa shape index (κ2) is 7.18. The average molecular weight is 365 g/mol. The van der Waals surface area contributed by atoms with Gasteiger partial charge in [-0.3, -0.25) is 9.78 Å². The monoisotopic (exact) mass is 365 g/mol. The van der Waals surface area contributed by atoms with Gasteiger partial charge < -0.3 is 11.1 Å². The summed E-state index contributed by atoms with van der Waals surface area (Å²) in [6, 6.07) is 6.83. The molecule has 3 N–H and O–H groups in total. The zero-order chi connectivity index (χ0) is 18.7. The van der Waals surface area contributed by atoms with Crippen LogP contribution < -0.4 is 11.1 Å². The van der Waals surface area contributed by atoms with E-state index in [1.54, 1.807) is 36.2 Å². The highest BCUT2D eigenvalue weighted by atomic mass is 32.2. The van der Waals surface area contributed by atoms with Gasteiger partial charge in [-0.1, -0.05) is 24.6 Å². The van der Waals surface area contributed by atoms with Gasteiger partial charge in [0.05, 0.1) is 5.69 Å². The van der Waals surface area contributed by atoms with Crippen molar-refractivity contribution in [3.05, 3.63) is 53.6 Å². The molecule has 1 aliphatic heterocycles. The molecule has 0 fully saturated rings. The van der Waals surface area contributed by atoms with Crippen molar-refractivity contribution in [2.45, 2.75) is 31.1 Å². The third-order valence-corrected chi connectivity index (χ3v) is 5.00. The van der Waals surface area contributed by atoms with E-state index in [4.69, 9.17) is 12.2 Å². The van der Waals surface area contributed by atoms with E-state index in [-0.39, 0.29) is 5.91 Å². The van der Waals surface area contributed by atoms with Crippen LogP contribution in [-0.4, -0.2) is 26.3 Å². The van der Waals surface area contributed by atoms with Crippen LogP contribution in [-0.2, 0) is 5.54 Å². The molecule has 2 atom stereocenters. The number of carbonyl (C=O) groups excluding carboxylic acids is 1. The summed E-state index contributed by atoms with van der Waals surface area (Å²) in [5.74, 6) is 2.16. The lowest BCUT2D eigenvalue weighted by Crippen LogP contribution is -2.33. The van der Waals surface area contributed by atoms with Crippen molar-refractivity contribution < 1.29 is 4.79 Å². The van der Waals surface area contributed by atoms with Crippen molar-refractivity contribution in [1.82, 2.24) is 9.97 Å². The number of hydrogen-bond acceptors (Lipinski definition) is 6. The van der Waals surface area contributed by atoms with Crippen molar-refractivity contribution in [2.75, 3.05) is 5.32 Å². The fourth-order valence-electron chi connectivity index (χ4n) is 2.90. The zero-order valence-corrected chi connectivity index (χ0v) is 15.4. The van der Waals surface area contributed by atoms with E-state index >= 15 is 0 Å². The number of carbonyl (C=O) groups is 1. The standard InChI is InChI=1S/C19H19N5OS/c1-4-13-5-6-15(22-11-13)17(25)23-14-7-8-21-16(9-14)19(3)10-12(2)26-18(20)24-19/h1,5-9,11-12H,10H2,2-3H3,(H2,20,24)(H,21,23,25)/t12-,19+/m1/s1. The fourth-order valence-corrected chi connectivity index (χ4v) is 3.97. The van der Waals surface area contributed by atoms with Crippen LogP contribution in [0.25, 0.3) is 0 Å². The largest absolute Gasteiger partial charge is 0.379 e. The molecular formula is C19H19N5OS. The van der Waals surface area contributed by atoms with Gasteiger partial charge in [-0.25, -0.2) is 9.98 Å². The number of rotatable bonds is 3. The molecule has 0 bridgehead atoms. The summed E-state index contributed by atoms with van der Waals surface area (Å²) >= 11 is 1.56. The van der Waals surface area contributed by atoms with Crippen molar-refractivity contribution in [1.29, 1.82) is 0 Å². The summed E-state index contributed by atoms with van der Waals surface area (Å²) in [7, 11) is 0. The topological polar surface area (TPSA) is 93.3 Å². The summed E-state index contributed by atoms with van der Waals surface area (Å²) in [4.78, 5) is 25.5. The Morgan fingerprint density at radius 3 is 2.88 bits per heavy atom. The number of aliphatic imine (C=N–C) groups is 1. The van der Waals surface area contributed by atoms with E-state index in [1.165, 1.54) is 6.20 Å². The molecule has 0 aliphatic carbocycles. The highest BCUT2D eigenvalue weighted by Gasteiger charge is 2.34. The molecule has 0 unspecified atom stereocenters. The van der Waals surface area contributed by atoms with Gasteiger partial charge in [0.15, 0.2) is 5.17 Å². The predicted molar refractivity (Wildman–Crippen MR) is 105 cm³/mol. The number of aromatic nitrogens is 2. The van der Waals surface area contributed by atoms with E-state index in [2.05, 4.69) is 33.1 Å². The Hall–Kier alpha value is -2.85. The Balaban J connectivity index is 1.82. The number of nitrogens with zero attached hydrogens (tertiary/aromatic N) is 3. The molecule has 0 spiro atoms. The number of nitrogens with two attached hydrogens (primary N) is 1. The number of pyridine rings is 2. The molecule has 7 heteroatoms. The maximum absolute atomic E-state index is 12.4. The lowest BCUT2D eigenvalue weighted by molar-refractivity contribution is 0.102. The number of terminal acetylenes is 1. The van der Waals surface area contributed by atoms with Gasteiger partial charge in [0.25, 0.3) is 5.91 Å². The first kappa shape index (κ1) is 18.0. The smallest absolute Gasteiger partial charge is 0.274 e. The third kappa shape index (κ3) is 3.86. The predicted octanol–water partition coefficient (Wildman–Crippen LogP) is 2.77. The number of amidine groups is 1. The zero-order valence-electron chi connectivity index (χ0n) is 14.6. The van der Waals surface area contributed by atoms with Gasteiger partial charge in [0.2, 0.25) is 0 Å². The second-order valence-electron chi connectivity index (χ2n) is 6.32. The molecule has 3 rings (SSSR count). The maximum Gasteiger partial charge on any atom is 0.274 e. The minimum absolute atomic E-state index is 0.290. The molecule has 26 heavy (non-hydrogen) atoms. The van der Waals surface area contributed by atoms with Crippen LogP contribution >= 0.6 is 11.8 Å². The Bertz CT molecular complexity index is 903. The lowest BCUT2D eigenvalue weighted by Gasteiger charge is -2.32. The van der Waals surface area contributed by atoms with Gasteiger partial charge in [0, 0.05) is 28.9 Å². The van der Waals surface area contributed by atoms with Gasteiger partial charge >= 0.3 is 0 Å². The summed E-state index contributed by atoms with van der Waals surface area (Å²) in [5.41, 5.74) is 7.75. The maximum atomic E-state index is 12.4. The quantitative estimate of drug-likeness (QED) is 0.816. The van der Waals surface area contributed by atoms with Gasteiger partial charge in [-0.15, -0.1) is 6.42 Å². The molecule has 2 aromatic rings. The third-order valence-electron chi connectivity index (χ3n) is 4.10. The number of hydrogen-bond donors (Lipinski definition) is 2. The van der Waals surface area contributed by atoms with Crippen molar-refractivity contribution in [3.63, 3.8) is 0 Å². The molecule has 132 valence electrons. The molecule has 2 aromatic heterocycles. The number of anilines is 1. The SMILES string of the molecule is C#Cc1ccc(C(=O)Nc2ccnc([C@]3(C)C[C@@H](C)SC(N)=N3)c2)nc1. The van der Waals surface area contributed by atoms with E-state index in [1.807, 2.05) is 13.0 Å². The average Bonchev–Trinajstić information content (AvgIpc) is 2.61. The van der Waals surface area contributed by atoms with Crippen LogP contribution in [0.3, 0.4) is 0 Å². The van der Waals surface area contributed by atoms with Crippen LogP contribution in [0.15, 0.2) is 41.7 Å². The second-order valence-corrected chi connectivity index (χ2v) is 7.78. The van der Waals surface area contributed by atoms with E-state index < -0.39 is 5.54 Å². The lowest BCUT2D eigenvalue weighted by atomic mass is 9.91. The van der Waals surface area contributed by atoms with E-state index in [9.17, 15) is 4.79 Å². The Morgan fingerprint density at radius 1 is 1.42 bits per heavy atom. The molecule has 0 aromatic carbocycles. The Kier molecular flexibility index (Phi) is 4.96. The Labute approximate surface area is 156 Å². The van der Waals surface area contributed by atoms with Crippen molar-refractivity contribution in [2.24, 2.45) is 10.7 Å². The van der Waals surface area contributed by atoms with E-state index in [0.29, 0.717) is 27.4 Å². The first-order valence-corrected chi connectivity index (χ1v) is 9.00. The molecule has 0 saturated heterocycles. The molecular weight excluding hydrogens is 346 g/mol. The first-order chi connectivity index (χ1) is 12.4. The van der Waals surface area contributed by atoms with E-state index in [0.717, 1.165) is 12.1 Å². The van der Waals surface area contributed by atoms with Gasteiger partial charge in [-0.2, -0.15) is 0 Å². The number of nitrogens with one attached hydrogen (secondary N) is 1. The molecule has 3 heterocycles. The summed E-state index contributed by atoms with van der Waals surface area (Å²) in [5, 5.41) is 3.74. The summed E-state index contributed by atoms with van der Waals surface area (Å²) in [6.45, 7) is 4.12. The fraction of sp³-hybridized carbons (Fsp3) is 0.263. The minimum Gasteiger partial charge on any atom is -0.379 e. The molecule has 1 amide bonds. The minimum atomic E-state index is -0.512. The van der Waals surface area contributed by atoms with Gasteiger partial charge in [-0.05, 0) is 37.6 Å². The van der Waals surface area contributed by atoms with Crippen molar-refractivity contribution >= 4 is 28.5 Å². The summed E-state index contributed by atoms with van der Waals surface area (Å²) in [6.07, 6.45) is 9.27. The highest BCUT2D eigenvalue weighted by Crippen LogP contribution is 2.38. The molecule has 6 nitrogen and oxygen atoms in total. The normalized spacial score (nSPS) is 22.2. The van der Waals surface area contributed by atoms with Crippen LogP contribution in [0.1, 0.15) is 42.0 Å². The number of amides is 1. The van der Waals surface area contributed by atoms with Crippen LogP contribution in [0.5, 0.6) is 0 Å². The molecule has 0 saturated carbocycles. The van der Waals surface area contributed by atoms with Crippen LogP contribution in [0, 0.1) is 12.3 Å². The molecule has 1 aliphatic rings. The van der Waals surface area contributed by atoms with Crippen LogP contribution in [0.2, 0.25) is 0 Å².